The lowest BCUT2D eigenvalue weighted by Gasteiger charge is -2.11. The fraction of sp³-hybridized carbons (Fsp3) is 0.294. The molecule has 1 aromatic carbocycles. The van der Waals surface area contributed by atoms with Crippen molar-refractivity contribution < 1.29 is 22.3 Å². The molecule has 0 spiro atoms. The summed E-state index contributed by atoms with van der Waals surface area (Å²) in [6.07, 6.45) is -2.83. The molecule has 3 aromatic rings. The summed E-state index contributed by atoms with van der Waals surface area (Å²) < 4.78 is 59.2. The van der Waals surface area contributed by atoms with E-state index in [1.165, 1.54) is 15.7 Å². The molecular weight excluding hydrogens is 372 g/mol. The second-order valence-electron chi connectivity index (χ2n) is 6.09. The van der Waals surface area contributed by atoms with Gasteiger partial charge in [-0.05, 0) is 31.9 Å². The molecule has 4 rings (SSSR count). The second kappa shape index (κ2) is 5.80. The van der Waals surface area contributed by atoms with Gasteiger partial charge in [-0.15, -0.1) is 11.3 Å². The summed E-state index contributed by atoms with van der Waals surface area (Å²) in [5, 5.41) is 0. The van der Waals surface area contributed by atoms with E-state index in [1.807, 2.05) is 6.92 Å². The van der Waals surface area contributed by atoms with Crippen molar-refractivity contribution in [3.63, 3.8) is 0 Å². The van der Waals surface area contributed by atoms with Crippen LogP contribution in [0.5, 0.6) is 11.6 Å². The normalized spacial score (nSPS) is 14.8. The molecule has 0 aliphatic heterocycles. The second-order valence-corrected chi connectivity index (χ2v) is 7.27. The number of ether oxygens (including phenoxy) is 1. The molecule has 0 N–H and O–H groups in total. The Balaban J connectivity index is 1.76. The minimum Gasteiger partial charge on any atom is -0.436 e. The van der Waals surface area contributed by atoms with Crippen LogP contribution in [0.25, 0.3) is 4.96 Å². The fourth-order valence-electron chi connectivity index (χ4n) is 2.88. The molecule has 2 aromatic heterocycles. The van der Waals surface area contributed by atoms with Gasteiger partial charge in [0.1, 0.15) is 0 Å². The summed E-state index contributed by atoms with van der Waals surface area (Å²) in [6, 6.07) is 3.78. The molecule has 0 unspecified atom stereocenters. The van der Waals surface area contributed by atoms with Crippen LogP contribution in [0, 0.1) is 12.7 Å². The molecule has 1 aliphatic rings. The van der Waals surface area contributed by atoms with E-state index in [0.717, 1.165) is 41.6 Å². The third-order valence-electron chi connectivity index (χ3n) is 4.16. The van der Waals surface area contributed by atoms with Gasteiger partial charge in [-0.2, -0.15) is 18.2 Å². The van der Waals surface area contributed by atoms with E-state index in [1.54, 1.807) is 0 Å². The lowest BCUT2D eigenvalue weighted by atomic mass is 10.2. The first-order valence-corrected chi connectivity index (χ1v) is 8.64. The van der Waals surface area contributed by atoms with E-state index < -0.39 is 28.9 Å². The summed E-state index contributed by atoms with van der Waals surface area (Å²) in [4.78, 5) is 17.9. The van der Waals surface area contributed by atoms with Crippen molar-refractivity contribution in [2.75, 3.05) is 0 Å². The lowest BCUT2D eigenvalue weighted by Crippen LogP contribution is -2.15. The number of nitrogens with zero attached hydrogens (tertiary/aromatic N) is 2. The molecule has 0 amide bonds. The molecular formula is C17H12F4N2O2S. The minimum absolute atomic E-state index is 0.239. The number of alkyl halides is 3. The van der Waals surface area contributed by atoms with Gasteiger partial charge in [0.05, 0.1) is 11.6 Å². The largest absolute Gasteiger partial charge is 0.436 e. The predicted molar refractivity (Wildman–Crippen MR) is 87.5 cm³/mol. The van der Waals surface area contributed by atoms with Gasteiger partial charge in [0.25, 0.3) is 5.56 Å². The van der Waals surface area contributed by atoms with Crippen molar-refractivity contribution in [2.45, 2.75) is 31.9 Å². The van der Waals surface area contributed by atoms with E-state index in [9.17, 15) is 22.4 Å². The third-order valence-corrected chi connectivity index (χ3v) is 5.13. The Morgan fingerprint density at radius 3 is 2.69 bits per heavy atom. The summed E-state index contributed by atoms with van der Waals surface area (Å²) in [7, 11) is 0. The maximum atomic E-state index is 14.1. The zero-order chi connectivity index (χ0) is 18.6. The van der Waals surface area contributed by atoms with Crippen LogP contribution in [0.15, 0.2) is 29.1 Å². The van der Waals surface area contributed by atoms with Gasteiger partial charge in [0.2, 0.25) is 5.88 Å². The maximum Gasteiger partial charge on any atom is 0.419 e. The van der Waals surface area contributed by atoms with Crippen LogP contribution in [0.2, 0.25) is 0 Å². The van der Waals surface area contributed by atoms with Gasteiger partial charge in [-0.25, -0.2) is 4.39 Å². The van der Waals surface area contributed by atoms with Crippen LogP contribution >= 0.6 is 11.3 Å². The van der Waals surface area contributed by atoms with Crippen molar-refractivity contribution in [1.82, 2.24) is 9.38 Å². The maximum absolute atomic E-state index is 14.1. The van der Waals surface area contributed by atoms with Crippen molar-refractivity contribution in [3.8, 4) is 11.6 Å². The summed E-state index contributed by atoms with van der Waals surface area (Å²) in [6.45, 7) is 1.89. The number of rotatable bonds is 3. The molecule has 1 saturated carbocycles. The topological polar surface area (TPSA) is 43.6 Å². The summed E-state index contributed by atoms with van der Waals surface area (Å²) in [5.41, 5.74) is -0.918. The van der Waals surface area contributed by atoms with Crippen LogP contribution in [-0.2, 0) is 6.18 Å². The highest BCUT2D eigenvalue weighted by Crippen LogP contribution is 2.43. The Morgan fingerprint density at radius 1 is 1.31 bits per heavy atom. The van der Waals surface area contributed by atoms with Crippen LogP contribution in [0.1, 0.15) is 34.9 Å². The first-order valence-electron chi connectivity index (χ1n) is 7.82. The highest BCUT2D eigenvalue weighted by atomic mass is 32.1. The van der Waals surface area contributed by atoms with Crippen molar-refractivity contribution in [3.05, 3.63) is 56.6 Å². The molecule has 136 valence electrons. The zero-order valence-corrected chi connectivity index (χ0v) is 14.2. The van der Waals surface area contributed by atoms with E-state index in [4.69, 9.17) is 4.74 Å². The number of hydrogen-bond acceptors (Lipinski definition) is 4. The lowest BCUT2D eigenvalue weighted by molar-refractivity contribution is -0.140. The molecule has 1 aliphatic carbocycles. The predicted octanol–water partition coefficient (Wildman–Crippen LogP) is 4.89. The molecule has 2 heterocycles. The molecule has 4 nitrogen and oxygen atoms in total. The molecule has 0 atom stereocenters. The Kier molecular flexibility index (Phi) is 3.80. The number of fused-ring (bicyclic) bond motifs is 1. The van der Waals surface area contributed by atoms with E-state index in [2.05, 4.69) is 4.98 Å². The highest BCUT2D eigenvalue weighted by molar-refractivity contribution is 7.17. The Bertz CT molecular complexity index is 1070. The zero-order valence-electron chi connectivity index (χ0n) is 13.4. The van der Waals surface area contributed by atoms with Gasteiger partial charge in [0.15, 0.2) is 16.5 Å². The number of halogens is 4. The number of hydrogen-bond donors (Lipinski definition) is 0. The van der Waals surface area contributed by atoms with Gasteiger partial charge in [-0.3, -0.25) is 9.20 Å². The van der Waals surface area contributed by atoms with Crippen LogP contribution in [0.3, 0.4) is 0 Å². The summed E-state index contributed by atoms with van der Waals surface area (Å²) >= 11 is 1.30. The van der Waals surface area contributed by atoms with E-state index in [0.29, 0.717) is 16.9 Å². The van der Waals surface area contributed by atoms with Gasteiger partial charge in [-0.1, -0.05) is 6.07 Å². The van der Waals surface area contributed by atoms with Gasteiger partial charge in [0, 0.05) is 16.5 Å². The van der Waals surface area contributed by atoms with Crippen LogP contribution in [0.4, 0.5) is 17.6 Å². The van der Waals surface area contributed by atoms with Gasteiger partial charge < -0.3 is 4.74 Å². The van der Waals surface area contributed by atoms with Crippen LogP contribution in [-0.4, -0.2) is 9.38 Å². The molecule has 0 bridgehead atoms. The Hall–Kier alpha value is -2.42. The molecule has 26 heavy (non-hydrogen) atoms. The number of aryl methyl sites for hydroxylation is 1. The van der Waals surface area contributed by atoms with Crippen molar-refractivity contribution in [1.29, 1.82) is 0 Å². The number of benzene rings is 1. The van der Waals surface area contributed by atoms with Gasteiger partial charge >= 0.3 is 6.18 Å². The standard InChI is InChI=1S/C17H12F4N2O2S/c1-8-15(9-5-6-9)23-13(24)7-12(22-16(23)26-8)25-11-4-2-3-10(14(11)18)17(19,20)21/h2-4,7,9H,5-6H2,1H3. The van der Waals surface area contributed by atoms with Crippen molar-refractivity contribution in [2.24, 2.45) is 0 Å². The Morgan fingerprint density at radius 2 is 2.04 bits per heavy atom. The quantitative estimate of drug-likeness (QED) is 0.604. The minimum atomic E-state index is -4.84. The Labute approximate surface area is 148 Å². The molecule has 9 heteroatoms. The first-order chi connectivity index (χ1) is 12.3. The van der Waals surface area contributed by atoms with Crippen LogP contribution < -0.4 is 10.3 Å². The molecule has 0 radical (unpaired) electrons. The molecule has 1 fully saturated rings. The summed E-state index contributed by atoms with van der Waals surface area (Å²) in [5.74, 6) is -2.08. The van der Waals surface area contributed by atoms with E-state index >= 15 is 0 Å². The van der Waals surface area contributed by atoms with Crippen molar-refractivity contribution >= 4 is 16.3 Å². The fourth-order valence-corrected chi connectivity index (χ4v) is 3.93. The monoisotopic (exact) mass is 384 g/mol. The third kappa shape index (κ3) is 2.86. The van der Waals surface area contributed by atoms with E-state index in [-0.39, 0.29) is 5.88 Å². The SMILES string of the molecule is Cc1sc2nc(Oc3cccc(C(F)(F)F)c3F)cc(=O)n2c1C1CC1. The average molecular weight is 384 g/mol. The first kappa shape index (κ1) is 17.0. The number of thiazole rings is 1. The molecule has 0 saturated heterocycles. The highest BCUT2D eigenvalue weighted by Gasteiger charge is 2.35. The average Bonchev–Trinajstić information content (AvgIpc) is 3.31. The number of aromatic nitrogens is 2. The smallest absolute Gasteiger partial charge is 0.419 e.